The first-order valence-electron chi connectivity index (χ1n) is 3.91. The van der Waals surface area contributed by atoms with Gasteiger partial charge in [0.05, 0.1) is 0 Å². The van der Waals surface area contributed by atoms with Gasteiger partial charge in [-0.15, -0.1) is 0 Å². The third-order valence-corrected chi connectivity index (χ3v) is 1.80. The molecule has 1 N–H and O–H groups in total. The minimum absolute atomic E-state index is 0.124. The fourth-order valence-corrected chi connectivity index (χ4v) is 1.15. The zero-order valence-electron chi connectivity index (χ0n) is 6.82. The summed E-state index contributed by atoms with van der Waals surface area (Å²) in [7, 11) is 0. The fraction of sp³-hybridized carbons (Fsp3) is 0.222. The van der Waals surface area contributed by atoms with Crippen molar-refractivity contribution < 1.29 is 14.6 Å². The molecule has 0 fully saturated rings. The molecule has 4 heteroatoms. The average molecular weight is 178 g/mol. The first-order valence-corrected chi connectivity index (χ1v) is 3.91. The number of rotatable bonds is 1. The number of ether oxygens (including phenoxy) is 2. The van der Waals surface area contributed by atoms with E-state index in [4.69, 9.17) is 14.9 Å². The quantitative estimate of drug-likeness (QED) is 0.492. The number of nitrogens with one attached hydrogen (secondary N) is 1. The number of benzene rings is 1. The van der Waals surface area contributed by atoms with Crippen LogP contribution in [0, 0.1) is 5.41 Å². The molecule has 0 saturated heterocycles. The Morgan fingerprint density at radius 2 is 2.08 bits per heavy atom. The van der Waals surface area contributed by atoms with Gasteiger partial charge in [-0.1, -0.05) is 12.1 Å². The van der Waals surface area contributed by atoms with E-state index in [1.165, 1.54) is 0 Å². The van der Waals surface area contributed by atoms with Crippen molar-refractivity contribution in [1.29, 1.82) is 5.41 Å². The molecule has 1 aromatic rings. The molecule has 0 spiro atoms. The smallest absolute Gasteiger partial charge is 0.162 e. The largest absolute Gasteiger partial charge is 0.860 e. The summed E-state index contributed by atoms with van der Waals surface area (Å²) in [5.41, 5.74) is 0. The van der Waals surface area contributed by atoms with E-state index in [0.717, 1.165) is 0 Å². The minimum Gasteiger partial charge on any atom is -0.860 e. The second-order valence-electron chi connectivity index (χ2n) is 2.73. The molecule has 0 saturated carbocycles. The Balaban J connectivity index is 2.24. The van der Waals surface area contributed by atoms with Gasteiger partial charge in [-0.2, -0.15) is 0 Å². The lowest BCUT2D eigenvalue weighted by Crippen LogP contribution is -2.42. The van der Waals surface area contributed by atoms with Crippen LogP contribution in [0.5, 0.6) is 11.5 Å². The first kappa shape index (κ1) is 7.91. The van der Waals surface area contributed by atoms with Crippen LogP contribution in [0.1, 0.15) is 0 Å². The standard InChI is InChI=1S/C9H9NO3/c10-9(11)8-5-12-6-3-1-2-4-7(6)13-8/h1-4,8H,5H2,(H2,10,11)/p-1. The van der Waals surface area contributed by atoms with E-state index < -0.39 is 12.0 Å². The Morgan fingerprint density at radius 1 is 1.38 bits per heavy atom. The molecule has 4 nitrogen and oxygen atoms in total. The Bertz CT molecular complexity index is 337. The van der Waals surface area contributed by atoms with Crippen LogP contribution < -0.4 is 14.6 Å². The summed E-state index contributed by atoms with van der Waals surface area (Å²) >= 11 is 0. The van der Waals surface area contributed by atoms with Crippen molar-refractivity contribution in [3.8, 4) is 11.5 Å². The SMILES string of the molecule is N=C([O-])C1COc2ccccc2O1. The van der Waals surface area contributed by atoms with Crippen LogP contribution in [-0.2, 0) is 0 Å². The summed E-state index contributed by atoms with van der Waals surface area (Å²) in [6.45, 7) is 0.124. The monoisotopic (exact) mass is 178 g/mol. The van der Waals surface area contributed by atoms with E-state index in [-0.39, 0.29) is 6.61 Å². The molecule has 1 aliphatic rings. The molecule has 1 unspecified atom stereocenters. The molecule has 13 heavy (non-hydrogen) atoms. The molecular weight excluding hydrogens is 170 g/mol. The highest BCUT2D eigenvalue weighted by Crippen LogP contribution is 2.30. The van der Waals surface area contributed by atoms with Gasteiger partial charge in [-0.25, -0.2) is 0 Å². The molecule has 1 aliphatic heterocycles. The van der Waals surface area contributed by atoms with Gasteiger partial charge in [-0.05, 0) is 18.0 Å². The van der Waals surface area contributed by atoms with Crippen molar-refractivity contribution in [3.63, 3.8) is 0 Å². The maximum absolute atomic E-state index is 10.7. The van der Waals surface area contributed by atoms with Crippen molar-refractivity contribution in [2.75, 3.05) is 6.61 Å². The maximum Gasteiger partial charge on any atom is 0.162 e. The number of fused-ring (bicyclic) bond motifs is 1. The normalized spacial score (nSPS) is 19.5. The van der Waals surface area contributed by atoms with Gasteiger partial charge in [0.2, 0.25) is 0 Å². The highest BCUT2D eigenvalue weighted by molar-refractivity contribution is 5.74. The summed E-state index contributed by atoms with van der Waals surface area (Å²) < 4.78 is 10.5. The van der Waals surface area contributed by atoms with Gasteiger partial charge in [0.15, 0.2) is 17.6 Å². The summed E-state index contributed by atoms with van der Waals surface area (Å²) in [5, 5.41) is 17.5. The van der Waals surface area contributed by atoms with E-state index in [9.17, 15) is 5.11 Å². The second-order valence-corrected chi connectivity index (χ2v) is 2.73. The number of para-hydroxylation sites is 2. The van der Waals surface area contributed by atoms with Crippen LogP contribution in [0.2, 0.25) is 0 Å². The zero-order chi connectivity index (χ0) is 9.26. The second kappa shape index (κ2) is 2.97. The van der Waals surface area contributed by atoms with Crippen LogP contribution in [0.15, 0.2) is 24.3 Å². The lowest BCUT2D eigenvalue weighted by molar-refractivity contribution is -0.230. The van der Waals surface area contributed by atoms with E-state index in [1.807, 2.05) is 6.07 Å². The molecule has 0 aromatic heterocycles. The molecular formula is C9H8NO3-. The van der Waals surface area contributed by atoms with Crippen LogP contribution in [0.4, 0.5) is 0 Å². The van der Waals surface area contributed by atoms with Gasteiger partial charge in [0.1, 0.15) is 6.61 Å². The average Bonchev–Trinajstić information content (AvgIpc) is 2.17. The van der Waals surface area contributed by atoms with Gasteiger partial charge in [0.25, 0.3) is 0 Å². The van der Waals surface area contributed by atoms with Crippen molar-refractivity contribution >= 4 is 5.90 Å². The molecule has 1 atom stereocenters. The minimum atomic E-state index is -0.783. The van der Waals surface area contributed by atoms with E-state index in [1.54, 1.807) is 18.2 Å². The Morgan fingerprint density at radius 3 is 2.77 bits per heavy atom. The predicted molar refractivity (Wildman–Crippen MR) is 44.1 cm³/mol. The first-order chi connectivity index (χ1) is 6.27. The molecule has 0 bridgehead atoms. The molecule has 0 amide bonds. The van der Waals surface area contributed by atoms with Crippen molar-refractivity contribution in [1.82, 2.24) is 0 Å². The van der Waals surface area contributed by atoms with E-state index >= 15 is 0 Å². The number of hydrogen-bond acceptors (Lipinski definition) is 4. The summed E-state index contributed by atoms with van der Waals surface area (Å²) in [6, 6.07) is 7.09. The summed E-state index contributed by atoms with van der Waals surface area (Å²) in [5.74, 6) is 0.397. The Labute approximate surface area is 75.2 Å². The molecule has 0 aliphatic carbocycles. The predicted octanol–water partition coefficient (Wildman–Crippen LogP) is 0.164. The van der Waals surface area contributed by atoms with Gasteiger partial charge < -0.3 is 20.0 Å². The summed E-state index contributed by atoms with van der Waals surface area (Å²) in [4.78, 5) is 0. The van der Waals surface area contributed by atoms with Crippen molar-refractivity contribution in [2.45, 2.75) is 6.10 Å². The van der Waals surface area contributed by atoms with E-state index in [2.05, 4.69) is 0 Å². The highest BCUT2D eigenvalue weighted by atomic mass is 16.6. The molecule has 1 aromatic carbocycles. The van der Waals surface area contributed by atoms with E-state index in [0.29, 0.717) is 11.5 Å². The van der Waals surface area contributed by atoms with Crippen molar-refractivity contribution in [2.24, 2.45) is 0 Å². The lowest BCUT2D eigenvalue weighted by atomic mass is 10.2. The zero-order valence-corrected chi connectivity index (χ0v) is 6.82. The molecule has 68 valence electrons. The third kappa shape index (κ3) is 1.42. The van der Waals surface area contributed by atoms with Gasteiger partial charge >= 0.3 is 0 Å². The molecule has 0 radical (unpaired) electrons. The van der Waals surface area contributed by atoms with Crippen LogP contribution >= 0.6 is 0 Å². The van der Waals surface area contributed by atoms with Gasteiger partial charge in [0, 0.05) is 0 Å². The third-order valence-electron chi connectivity index (χ3n) is 1.80. The van der Waals surface area contributed by atoms with Crippen LogP contribution in [0.3, 0.4) is 0 Å². The Hall–Kier alpha value is -1.71. The van der Waals surface area contributed by atoms with Gasteiger partial charge in [-0.3, -0.25) is 0 Å². The lowest BCUT2D eigenvalue weighted by Gasteiger charge is -2.28. The van der Waals surface area contributed by atoms with Crippen LogP contribution in [-0.4, -0.2) is 18.6 Å². The van der Waals surface area contributed by atoms with Crippen molar-refractivity contribution in [3.05, 3.63) is 24.3 Å². The fourth-order valence-electron chi connectivity index (χ4n) is 1.15. The Kier molecular flexibility index (Phi) is 1.81. The van der Waals surface area contributed by atoms with Crippen LogP contribution in [0.25, 0.3) is 0 Å². The molecule has 1 heterocycles. The molecule has 2 rings (SSSR count). The maximum atomic E-state index is 10.7. The summed E-state index contributed by atoms with van der Waals surface area (Å²) in [6.07, 6.45) is -0.783. The highest BCUT2D eigenvalue weighted by Gasteiger charge is 2.19. The topological polar surface area (TPSA) is 65.4 Å². The number of hydrogen-bond donors (Lipinski definition) is 1.